The van der Waals surface area contributed by atoms with E-state index < -0.39 is 0 Å². The summed E-state index contributed by atoms with van der Waals surface area (Å²) >= 11 is 6.68. The second-order valence-electron chi connectivity index (χ2n) is 8.94. The van der Waals surface area contributed by atoms with Gasteiger partial charge in [-0.25, -0.2) is 0 Å². The quantitative estimate of drug-likeness (QED) is 0.187. The summed E-state index contributed by atoms with van der Waals surface area (Å²) in [5, 5.41) is 19.3. The van der Waals surface area contributed by atoms with Crippen molar-refractivity contribution in [3.63, 3.8) is 0 Å². The molecule has 5 heteroatoms. The normalized spacial score (nSPS) is 21.9. The summed E-state index contributed by atoms with van der Waals surface area (Å²) in [5.74, 6) is 0.781. The highest BCUT2D eigenvalue weighted by Crippen LogP contribution is 2.45. The van der Waals surface area contributed by atoms with Crippen LogP contribution in [0.5, 0.6) is 0 Å². The lowest BCUT2D eigenvalue weighted by molar-refractivity contribution is -0.144. The molecule has 0 heterocycles. The van der Waals surface area contributed by atoms with Gasteiger partial charge in [-0.05, 0) is 55.1 Å². The van der Waals surface area contributed by atoms with Gasteiger partial charge in [0.15, 0.2) is 0 Å². The molecular weight excluding hydrogens is 412 g/mol. The van der Waals surface area contributed by atoms with Crippen molar-refractivity contribution in [2.45, 2.75) is 101 Å². The van der Waals surface area contributed by atoms with Crippen LogP contribution in [-0.2, 0) is 9.53 Å². The van der Waals surface area contributed by atoms with Crippen LogP contribution in [0.15, 0.2) is 24.3 Å². The third-order valence-corrected chi connectivity index (χ3v) is 7.13. The molecular formula is C26H41ClO4. The minimum atomic E-state index is -0.360. The Morgan fingerprint density at radius 3 is 2.55 bits per heavy atom. The minimum absolute atomic E-state index is 0.0950. The van der Waals surface area contributed by atoms with Crippen molar-refractivity contribution >= 4 is 17.6 Å². The highest BCUT2D eigenvalue weighted by molar-refractivity contribution is 6.21. The molecule has 1 aromatic rings. The van der Waals surface area contributed by atoms with E-state index in [-0.39, 0.29) is 30.7 Å². The van der Waals surface area contributed by atoms with Crippen molar-refractivity contribution in [3.05, 3.63) is 35.4 Å². The summed E-state index contributed by atoms with van der Waals surface area (Å²) in [4.78, 5) is 11.5. The van der Waals surface area contributed by atoms with Gasteiger partial charge in [0.2, 0.25) is 0 Å². The van der Waals surface area contributed by atoms with E-state index in [0.29, 0.717) is 18.3 Å². The zero-order valence-electron chi connectivity index (χ0n) is 19.1. The zero-order chi connectivity index (χ0) is 22.5. The maximum atomic E-state index is 11.5. The number of carbonyl (C=O) groups excluding carboxylic acids is 1. The summed E-state index contributed by atoms with van der Waals surface area (Å²) in [6, 6.07) is 8.59. The number of aliphatic hydroxyl groups excluding tert-OH is 2. The van der Waals surface area contributed by atoms with Crippen molar-refractivity contribution in [2.75, 3.05) is 13.2 Å². The predicted octanol–water partition coefficient (Wildman–Crippen LogP) is 6.28. The number of unbranched alkanes of at least 4 members (excludes halogenated alkanes) is 5. The second-order valence-corrected chi connectivity index (χ2v) is 9.50. The molecule has 1 fully saturated rings. The first kappa shape index (κ1) is 26.2. The molecule has 1 aliphatic carbocycles. The Balaban J connectivity index is 1.75. The zero-order valence-corrected chi connectivity index (χ0v) is 19.9. The molecule has 2 unspecified atom stereocenters. The monoisotopic (exact) mass is 452 g/mol. The predicted molar refractivity (Wildman–Crippen MR) is 126 cm³/mol. The molecule has 2 N–H and O–H groups in total. The van der Waals surface area contributed by atoms with Crippen LogP contribution in [0.2, 0.25) is 0 Å². The van der Waals surface area contributed by atoms with E-state index in [1.165, 1.54) is 18.4 Å². The van der Waals surface area contributed by atoms with Crippen LogP contribution in [-0.4, -0.2) is 34.8 Å². The van der Waals surface area contributed by atoms with Crippen molar-refractivity contribution in [2.24, 2.45) is 5.92 Å². The van der Waals surface area contributed by atoms with Gasteiger partial charge in [-0.1, -0.05) is 69.7 Å². The fourth-order valence-electron chi connectivity index (χ4n) is 4.77. The molecule has 0 amide bonds. The van der Waals surface area contributed by atoms with E-state index in [2.05, 4.69) is 31.2 Å². The highest BCUT2D eigenvalue weighted by atomic mass is 35.5. The number of carbonyl (C=O) groups is 1. The molecule has 0 saturated heterocycles. The van der Waals surface area contributed by atoms with Gasteiger partial charge in [0.1, 0.15) is 6.61 Å². The number of esters is 1. The lowest BCUT2D eigenvalue weighted by atomic mass is 9.84. The summed E-state index contributed by atoms with van der Waals surface area (Å²) in [6.07, 6.45) is 11.7. The third-order valence-electron chi connectivity index (χ3n) is 6.59. The van der Waals surface area contributed by atoms with Gasteiger partial charge in [-0.2, -0.15) is 0 Å². The van der Waals surface area contributed by atoms with Gasteiger partial charge in [0.25, 0.3) is 0 Å². The number of ether oxygens (including phenoxy) is 1. The summed E-state index contributed by atoms with van der Waals surface area (Å²) in [6.45, 7) is 2.16. The lowest BCUT2D eigenvalue weighted by Crippen LogP contribution is -2.14. The Morgan fingerprint density at radius 2 is 1.84 bits per heavy atom. The molecule has 0 radical (unpaired) electrons. The van der Waals surface area contributed by atoms with Gasteiger partial charge < -0.3 is 14.9 Å². The Bertz CT molecular complexity index is 618. The van der Waals surface area contributed by atoms with Crippen LogP contribution in [0.1, 0.15) is 107 Å². The summed E-state index contributed by atoms with van der Waals surface area (Å²) < 4.78 is 4.88. The molecule has 4 nitrogen and oxygen atoms in total. The van der Waals surface area contributed by atoms with E-state index in [1.54, 1.807) is 0 Å². The lowest BCUT2D eigenvalue weighted by Gasteiger charge is -2.23. The first-order valence-electron chi connectivity index (χ1n) is 12.2. The smallest absolute Gasteiger partial charge is 0.305 e. The molecule has 1 saturated carbocycles. The van der Waals surface area contributed by atoms with E-state index in [9.17, 15) is 9.90 Å². The van der Waals surface area contributed by atoms with Gasteiger partial charge in [-0.15, -0.1) is 11.6 Å². The number of hydrogen-bond donors (Lipinski definition) is 2. The molecule has 0 aliphatic heterocycles. The first-order chi connectivity index (χ1) is 15.1. The number of hydrogen-bond acceptors (Lipinski definition) is 4. The largest absolute Gasteiger partial charge is 0.463 e. The van der Waals surface area contributed by atoms with Crippen LogP contribution in [0.3, 0.4) is 0 Å². The maximum absolute atomic E-state index is 11.5. The maximum Gasteiger partial charge on any atom is 0.305 e. The average Bonchev–Trinajstić information content (AvgIpc) is 3.15. The highest BCUT2D eigenvalue weighted by Gasteiger charge is 2.35. The van der Waals surface area contributed by atoms with Crippen molar-refractivity contribution in [1.29, 1.82) is 0 Å². The van der Waals surface area contributed by atoms with Gasteiger partial charge >= 0.3 is 5.97 Å². The summed E-state index contributed by atoms with van der Waals surface area (Å²) in [5.41, 5.74) is 2.37. The molecule has 4 atom stereocenters. The van der Waals surface area contributed by atoms with Crippen LogP contribution in [0, 0.1) is 5.92 Å². The van der Waals surface area contributed by atoms with E-state index in [0.717, 1.165) is 63.4 Å². The number of alkyl halides is 1. The number of aliphatic hydroxyl groups is 2. The average molecular weight is 453 g/mol. The summed E-state index contributed by atoms with van der Waals surface area (Å²) in [7, 11) is 0. The Labute approximate surface area is 193 Å². The third kappa shape index (κ3) is 9.11. The van der Waals surface area contributed by atoms with E-state index in [4.69, 9.17) is 21.4 Å². The van der Waals surface area contributed by atoms with Crippen molar-refractivity contribution in [3.8, 4) is 0 Å². The van der Waals surface area contributed by atoms with E-state index >= 15 is 0 Å². The van der Waals surface area contributed by atoms with Gasteiger partial charge in [0, 0.05) is 11.8 Å². The first-order valence-corrected chi connectivity index (χ1v) is 12.7. The fourth-order valence-corrected chi connectivity index (χ4v) is 5.20. The van der Waals surface area contributed by atoms with Crippen LogP contribution in [0.25, 0.3) is 0 Å². The molecule has 176 valence electrons. The second kappa shape index (κ2) is 14.9. The minimum Gasteiger partial charge on any atom is -0.463 e. The Morgan fingerprint density at radius 1 is 1.10 bits per heavy atom. The molecule has 2 rings (SSSR count). The molecule has 1 aliphatic rings. The Kier molecular flexibility index (Phi) is 12.5. The Hall–Kier alpha value is -1.10. The number of rotatable bonds is 15. The van der Waals surface area contributed by atoms with Crippen LogP contribution < -0.4 is 0 Å². The van der Waals surface area contributed by atoms with Crippen molar-refractivity contribution < 1.29 is 19.7 Å². The molecule has 0 spiro atoms. The van der Waals surface area contributed by atoms with Crippen LogP contribution >= 0.6 is 11.6 Å². The van der Waals surface area contributed by atoms with E-state index in [1.807, 2.05) is 0 Å². The number of benzene rings is 1. The van der Waals surface area contributed by atoms with Crippen molar-refractivity contribution in [1.82, 2.24) is 0 Å². The van der Waals surface area contributed by atoms with Gasteiger partial charge in [0.05, 0.1) is 12.7 Å². The molecule has 31 heavy (non-hydrogen) atoms. The van der Waals surface area contributed by atoms with Gasteiger partial charge in [-0.3, -0.25) is 4.79 Å². The molecule has 1 aromatic carbocycles. The fraction of sp³-hybridized carbons (Fsp3) is 0.731. The number of halogens is 1. The van der Waals surface area contributed by atoms with Crippen LogP contribution in [0.4, 0.5) is 0 Å². The molecule has 0 bridgehead atoms. The standard InChI is InChI=1S/C26H41ClO4/c1-2-3-6-10-25(29)21-14-12-20(13-15-21)22-16-17-24(27)23(22)9-7-4-5-8-11-26(30)31-19-18-28/h12-15,22-25,28-29H,2-11,16-19H2,1H3/t22-,23?,24-,25?/m1/s1. The SMILES string of the molecule is CCCCCC(O)c1ccc([C@H]2CC[C@@H](Cl)C2CCCCCCC(=O)OCCO)cc1. The molecule has 0 aromatic heterocycles. The topological polar surface area (TPSA) is 66.8 Å².